The molecule has 0 amide bonds. The van der Waals surface area contributed by atoms with Crippen molar-refractivity contribution in [2.45, 2.75) is 18.2 Å². The summed E-state index contributed by atoms with van der Waals surface area (Å²) in [5.74, 6) is -11.2. The first-order valence-corrected chi connectivity index (χ1v) is 7.61. The smallest absolute Gasteiger partial charge is 0.200 e. The van der Waals surface area contributed by atoms with Gasteiger partial charge in [-0.15, -0.1) is 0 Å². The minimum Gasteiger partial charge on any atom is -0.744 e. The molecule has 3 nitrogen and oxygen atoms in total. The molecule has 2 aromatic carbocycles. The maximum atomic E-state index is 13.9. The van der Waals surface area contributed by atoms with Crippen molar-refractivity contribution in [3.05, 3.63) is 52.8 Å². The van der Waals surface area contributed by atoms with Gasteiger partial charge in [-0.3, -0.25) is 0 Å². The van der Waals surface area contributed by atoms with E-state index in [1.165, 1.54) is 6.07 Å². The Kier molecular flexibility index (Phi) is 4.45. The third-order valence-electron chi connectivity index (χ3n) is 3.20. The second-order valence-corrected chi connectivity index (χ2v) is 5.93. The Hall–Kier alpha value is -2.00. The Morgan fingerprint density at radius 1 is 0.913 bits per heavy atom. The van der Waals surface area contributed by atoms with E-state index in [1.54, 1.807) is 6.92 Å². The number of hydrogen-bond donors (Lipinski definition) is 0. The Labute approximate surface area is 128 Å². The zero-order chi connectivity index (χ0) is 17.5. The fourth-order valence-corrected chi connectivity index (χ4v) is 2.72. The van der Waals surface area contributed by atoms with Crippen LogP contribution < -0.4 is 0 Å². The zero-order valence-corrected chi connectivity index (χ0v) is 12.3. The van der Waals surface area contributed by atoms with Gasteiger partial charge in [-0.2, -0.15) is 0 Å². The van der Waals surface area contributed by atoms with Gasteiger partial charge in [0.15, 0.2) is 23.3 Å². The molecule has 0 unspecified atom stereocenters. The first-order valence-electron chi connectivity index (χ1n) is 6.20. The molecule has 23 heavy (non-hydrogen) atoms. The van der Waals surface area contributed by atoms with Crippen molar-refractivity contribution in [1.82, 2.24) is 0 Å². The van der Waals surface area contributed by atoms with E-state index in [-0.39, 0.29) is 6.42 Å². The monoisotopic (exact) mass is 351 g/mol. The van der Waals surface area contributed by atoms with Gasteiger partial charge in [0.2, 0.25) is 5.82 Å². The maximum absolute atomic E-state index is 13.9. The lowest BCUT2D eigenvalue weighted by Crippen LogP contribution is -2.08. The van der Waals surface area contributed by atoms with Crippen LogP contribution in [0.2, 0.25) is 0 Å². The summed E-state index contributed by atoms with van der Waals surface area (Å²) >= 11 is 0. The minimum absolute atomic E-state index is 0.279. The highest BCUT2D eigenvalue weighted by Crippen LogP contribution is 2.35. The van der Waals surface area contributed by atoms with E-state index >= 15 is 0 Å². The molecule has 0 N–H and O–H groups in total. The van der Waals surface area contributed by atoms with Gasteiger partial charge >= 0.3 is 0 Å². The fourth-order valence-electron chi connectivity index (χ4n) is 2.05. The van der Waals surface area contributed by atoms with Crippen LogP contribution in [0.3, 0.4) is 0 Å². The molecule has 2 aromatic rings. The summed E-state index contributed by atoms with van der Waals surface area (Å²) in [6.45, 7) is 1.61. The first kappa shape index (κ1) is 17.4. The molecule has 0 atom stereocenters. The van der Waals surface area contributed by atoms with Gasteiger partial charge in [-0.05, 0) is 24.1 Å². The van der Waals surface area contributed by atoms with Gasteiger partial charge in [0.25, 0.3) is 0 Å². The van der Waals surface area contributed by atoms with Crippen molar-refractivity contribution in [2.75, 3.05) is 0 Å². The second-order valence-electron chi connectivity index (χ2n) is 4.58. The van der Waals surface area contributed by atoms with E-state index in [9.17, 15) is 34.9 Å². The summed E-state index contributed by atoms with van der Waals surface area (Å²) in [5, 5.41) is 0. The third-order valence-corrected chi connectivity index (χ3v) is 4.10. The standard InChI is InChI=1S/C14H9F5O3S/c1-2-6-3-4-8(23(20,21)22)7(5-6)9-10(15)12(17)14(19)13(18)11(9)16/h3-5H,2H2,1H3,(H,20,21,22)/p-1. The van der Waals surface area contributed by atoms with Crippen LogP contribution in [0.25, 0.3) is 11.1 Å². The number of rotatable bonds is 3. The van der Waals surface area contributed by atoms with Crippen molar-refractivity contribution in [1.29, 1.82) is 0 Å². The van der Waals surface area contributed by atoms with Crippen molar-refractivity contribution >= 4 is 10.1 Å². The third kappa shape index (κ3) is 2.93. The molecule has 0 saturated heterocycles. The van der Waals surface area contributed by atoms with Gasteiger partial charge in [-0.1, -0.05) is 13.0 Å². The molecule has 0 spiro atoms. The second kappa shape index (κ2) is 5.89. The molecule has 0 fully saturated rings. The molecule has 0 aromatic heterocycles. The molecule has 0 aliphatic rings. The van der Waals surface area contributed by atoms with Crippen LogP contribution in [0.1, 0.15) is 12.5 Å². The van der Waals surface area contributed by atoms with E-state index in [1.807, 2.05) is 0 Å². The predicted molar refractivity (Wildman–Crippen MR) is 69.0 cm³/mol. The van der Waals surface area contributed by atoms with Crippen molar-refractivity contribution < 1.29 is 34.9 Å². The fraction of sp³-hybridized carbons (Fsp3) is 0.143. The Morgan fingerprint density at radius 3 is 1.83 bits per heavy atom. The molecule has 0 aliphatic carbocycles. The van der Waals surface area contributed by atoms with Crippen molar-refractivity contribution in [2.24, 2.45) is 0 Å². The SMILES string of the molecule is CCc1ccc(S(=O)(=O)[O-])c(-c2c(F)c(F)c(F)c(F)c2F)c1. The molecule has 2 rings (SSSR count). The lowest BCUT2D eigenvalue weighted by Gasteiger charge is -2.16. The highest BCUT2D eigenvalue weighted by atomic mass is 32.2. The molecule has 0 radical (unpaired) electrons. The molecule has 9 heteroatoms. The number of benzene rings is 2. The molecule has 0 aliphatic heterocycles. The largest absolute Gasteiger partial charge is 0.744 e. The van der Waals surface area contributed by atoms with Crippen LogP contribution >= 0.6 is 0 Å². The van der Waals surface area contributed by atoms with E-state index in [4.69, 9.17) is 0 Å². The summed E-state index contributed by atoms with van der Waals surface area (Å²) in [6.07, 6.45) is 0.279. The van der Waals surface area contributed by atoms with Gasteiger partial charge < -0.3 is 4.55 Å². The van der Waals surface area contributed by atoms with Gasteiger partial charge in [-0.25, -0.2) is 30.4 Å². The molecule has 0 heterocycles. The molecule has 0 saturated carbocycles. The number of aryl methyl sites for hydroxylation is 1. The zero-order valence-electron chi connectivity index (χ0n) is 11.5. The van der Waals surface area contributed by atoms with Crippen LogP contribution in [-0.4, -0.2) is 13.0 Å². The van der Waals surface area contributed by atoms with Crippen LogP contribution in [0.4, 0.5) is 22.0 Å². The average Bonchev–Trinajstić information content (AvgIpc) is 2.50. The number of halogens is 5. The Morgan fingerprint density at radius 2 is 1.39 bits per heavy atom. The maximum Gasteiger partial charge on any atom is 0.200 e. The van der Waals surface area contributed by atoms with Crippen LogP contribution in [0, 0.1) is 29.1 Å². The molecular weight excluding hydrogens is 343 g/mol. The van der Waals surface area contributed by atoms with Crippen LogP contribution in [-0.2, 0) is 16.5 Å². The van der Waals surface area contributed by atoms with Gasteiger partial charge in [0.1, 0.15) is 10.1 Å². The lowest BCUT2D eigenvalue weighted by molar-refractivity contribution is 0.381. The van der Waals surface area contributed by atoms with Crippen molar-refractivity contribution in [3.63, 3.8) is 0 Å². The summed E-state index contributed by atoms with van der Waals surface area (Å²) in [5.41, 5.74) is -1.98. The summed E-state index contributed by atoms with van der Waals surface area (Å²) in [4.78, 5) is -1.07. The summed E-state index contributed by atoms with van der Waals surface area (Å²) in [7, 11) is -5.20. The van der Waals surface area contributed by atoms with E-state index in [2.05, 4.69) is 0 Å². The van der Waals surface area contributed by atoms with E-state index in [0.29, 0.717) is 5.56 Å². The van der Waals surface area contributed by atoms with Crippen molar-refractivity contribution in [3.8, 4) is 11.1 Å². The predicted octanol–water partition coefficient (Wildman–Crippen LogP) is 3.52. The minimum atomic E-state index is -5.20. The topological polar surface area (TPSA) is 57.2 Å². The van der Waals surface area contributed by atoms with E-state index in [0.717, 1.165) is 12.1 Å². The van der Waals surface area contributed by atoms with Crippen LogP contribution in [0.15, 0.2) is 23.1 Å². The van der Waals surface area contributed by atoms with Gasteiger partial charge in [0.05, 0.1) is 10.5 Å². The number of hydrogen-bond acceptors (Lipinski definition) is 3. The lowest BCUT2D eigenvalue weighted by atomic mass is 10.00. The van der Waals surface area contributed by atoms with Crippen LogP contribution in [0.5, 0.6) is 0 Å². The van der Waals surface area contributed by atoms with E-state index < -0.39 is 55.2 Å². The van der Waals surface area contributed by atoms with Gasteiger partial charge in [0, 0.05) is 5.56 Å². The Bertz CT molecular complexity index is 865. The molecule has 0 bridgehead atoms. The highest BCUT2D eigenvalue weighted by Gasteiger charge is 2.28. The Balaban J connectivity index is 2.98. The first-order chi connectivity index (χ1) is 10.6. The summed E-state index contributed by atoms with van der Waals surface area (Å²) < 4.78 is 101. The highest BCUT2D eigenvalue weighted by molar-refractivity contribution is 7.85. The average molecular weight is 351 g/mol. The molecular formula is C14H8F5O3S-. The summed E-state index contributed by atoms with van der Waals surface area (Å²) in [6, 6.07) is 2.89. The quantitative estimate of drug-likeness (QED) is 0.368. The molecule has 124 valence electrons. The normalized spacial score (nSPS) is 11.8.